The van der Waals surface area contributed by atoms with Gasteiger partial charge in [-0.3, -0.25) is 0 Å². The van der Waals surface area contributed by atoms with E-state index in [9.17, 15) is 4.79 Å². The summed E-state index contributed by atoms with van der Waals surface area (Å²) < 4.78 is 5.19. The van der Waals surface area contributed by atoms with E-state index in [0.29, 0.717) is 0 Å². The summed E-state index contributed by atoms with van der Waals surface area (Å²) >= 11 is 0. The molecular formula is C14H21NO3. The van der Waals surface area contributed by atoms with E-state index in [1.54, 1.807) is 0 Å². The van der Waals surface area contributed by atoms with Crippen molar-refractivity contribution >= 4 is 6.09 Å². The minimum atomic E-state index is -0.503. The maximum absolute atomic E-state index is 11.6. The molecule has 0 spiro atoms. The topological polar surface area (TPSA) is 58.6 Å². The van der Waals surface area contributed by atoms with Gasteiger partial charge in [0.25, 0.3) is 0 Å². The van der Waals surface area contributed by atoms with Crippen LogP contribution in [0.1, 0.15) is 44.9 Å². The lowest BCUT2D eigenvalue weighted by molar-refractivity contribution is 0.0508. The van der Waals surface area contributed by atoms with Crippen LogP contribution in [0.3, 0.4) is 0 Å². The van der Waals surface area contributed by atoms with Crippen molar-refractivity contribution < 1.29 is 14.6 Å². The fourth-order valence-corrected chi connectivity index (χ4v) is 1.53. The Morgan fingerprint density at radius 1 is 1.44 bits per heavy atom. The van der Waals surface area contributed by atoms with Gasteiger partial charge >= 0.3 is 6.09 Å². The van der Waals surface area contributed by atoms with Crippen LogP contribution >= 0.6 is 0 Å². The van der Waals surface area contributed by atoms with Crippen molar-refractivity contribution in [3.05, 3.63) is 35.4 Å². The van der Waals surface area contributed by atoms with Crippen LogP contribution in [-0.4, -0.2) is 16.8 Å². The number of ether oxygens (including phenoxy) is 1. The molecule has 0 saturated heterocycles. The van der Waals surface area contributed by atoms with Gasteiger partial charge in [0.1, 0.15) is 5.60 Å². The van der Waals surface area contributed by atoms with E-state index in [1.807, 2.05) is 52.0 Å². The zero-order valence-electron chi connectivity index (χ0n) is 11.4. The van der Waals surface area contributed by atoms with Gasteiger partial charge in [0.2, 0.25) is 0 Å². The third-order valence-corrected chi connectivity index (χ3v) is 2.37. The quantitative estimate of drug-likeness (QED) is 0.868. The van der Waals surface area contributed by atoms with Crippen molar-refractivity contribution in [1.29, 1.82) is 0 Å². The number of hydrogen-bond donors (Lipinski definition) is 2. The van der Waals surface area contributed by atoms with Crippen molar-refractivity contribution in [2.24, 2.45) is 0 Å². The van der Waals surface area contributed by atoms with E-state index in [0.717, 1.165) is 11.1 Å². The molecule has 100 valence electrons. The standard InChI is InChI=1S/C14H21NO3/c1-10(15-13(17)18-14(2,3)4)12-7-5-6-11(8-12)9-16/h5-8,10,16H,9H2,1-4H3,(H,15,17). The van der Waals surface area contributed by atoms with E-state index in [2.05, 4.69) is 5.32 Å². The van der Waals surface area contributed by atoms with Crippen molar-refractivity contribution in [3.63, 3.8) is 0 Å². The highest BCUT2D eigenvalue weighted by Gasteiger charge is 2.18. The normalized spacial score (nSPS) is 12.9. The van der Waals surface area contributed by atoms with Crippen LogP contribution in [-0.2, 0) is 11.3 Å². The fraction of sp³-hybridized carbons (Fsp3) is 0.500. The maximum Gasteiger partial charge on any atom is 0.408 e. The average molecular weight is 251 g/mol. The molecule has 1 rings (SSSR count). The summed E-state index contributed by atoms with van der Waals surface area (Å²) in [5.74, 6) is 0. The lowest BCUT2D eigenvalue weighted by atomic mass is 10.1. The molecule has 0 aliphatic heterocycles. The number of rotatable bonds is 3. The third kappa shape index (κ3) is 4.75. The molecule has 1 aromatic rings. The fourth-order valence-electron chi connectivity index (χ4n) is 1.53. The second-order valence-corrected chi connectivity index (χ2v) is 5.27. The first-order valence-corrected chi connectivity index (χ1v) is 6.01. The molecule has 4 heteroatoms. The first-order chi connectivity index (χ1) is 8.31. The van der Waals surface area contributed by atoms with Gasteiger partial charge in [0.15, 0.2) is 0 Å². The summed E-state index contributed by atoms with van der Waals surface area (Å²) in [5, 5.41) is 11.8. The van der Waals surface area contributed by atoms with Crippen LogP contribution in [0, 0.1) is 0 Å². The summed E-state index contributed by atoms with van der Waals surface area (Å²) in [6, 6.07) is 7.30. The van der Waals surface area contributed by atoms with E-state index in [4.69, 9.17) is 9.84 Å². The number of carbonyl (C=O) groups is 1. The highest BCUT2D eigenvalue weighted by molar-refractivity contribution is 5.68. The van der Waals surface area contributed by atoms with E-state index < -0.39 is 11.7 Å². The second kappa shape index (κ2) is 5.87. The molecule has 0 heterocycles. The number of aliphatic hydroxyl groups is 1. The Balaban J connectivity index is 2.64. The van der Waals surface area contributed by atoms with Gasteiger partial charge < -0.3 is 15.2 Å². The lowest BCUT2D eigenvalue weighted by Crippen LogP contribution is -2.34. The molecule has 18 heavy (non-hydrogen) atoms. The Morgan fingerprint density at radius 3 is 2.67 bits per heavy atom. The van der Waals surface area contributed by atoms with Crippen LogP contribution in [0.25, 0.3) is 0 Å². The summed E-state index contributed by atoms with van der Waals surface area (Å²) in [6.45, 7) is 7.34. The highest BCUT2D eigenvalue weighted by Crippen LogP contribution is 2.15. The lowest BCUT2D eigenvalue weighted by Gasteiger charge is -2.22. The smallest absolute Gasteiger partial charge is 0.408 e. The van der Waals surface area contributed by atoms with Gasteiger partial charge in [-0.2, -0.15) is 0 Å². The van der Waals surface area contributed by atoms with Crippen LogP contribution in [0.15, 0.2) is 24.3 Å². The van der Waals surface area contributed by atoms with Crippen molar-refractivity contribution in [1.82, 2.24) is 5.32 Å². The van der Waals surface area contributed by atoms with Gasteiger partial charge in [-0.25, -0.2) is 4.79 Å². The van der Waals surface area contributed by atoms with Gasteiger partial charge in [-0.1, -0.05) is 24.3 Å². The molecule has 0 radical (unpaired) electrons. The number of alkyl carbamates (subject to hydrolysis) is 1. The predicted molar refractivity (Wildman–Crippen MR) is 70.1 cm³/mol. The predicted octanol–water partition coefficient (Wildman–Crippen LogP) is 2.76. The monoisotopic (exact) mass is 251 g/mol. The van der Waals surface area contributed by atoms with Crippen molar-refractivity contribution in [2.75, 3.05) is 0 Å². The van der Waals surface area contributed by atoms with Crippen LogP contribution in [0.2, 0.25) is 0 Å². The second-order valence-electron chi connectivity index (χ2n) is 5.27. The maximum atomic E-state index is 11.6. The SMILES string of the molecule is CC(NC(=O)OC(C)(C)C)c1cccc(CO)c1. The molecule has 0 fully saturated rings. The number of hydrogen-bond acceptors (Lipinski definition) is 3. The Kier molecular flexibility index (Phi) is 4.73. The molecule has 0 bridgehead atoms. The van der Waals surface area contributed by atoms with Crippen LogP contribution in [0.4, 0.5) is 4.79 Å². The molecule has 1 unspecified atom stereocenters. The minimum Gasteiger partial charge on any atom is -0.444 e. The van der Waals surface area contributed by atoms with E-state index in [-0.39, 0.29) is 12.6 Å². The number of carbonyl (C=O) groups excluding carboxylic acids is 1. The largest absolute Gasteiger partial charge is 0.444 e. The molecule has 1 amide bonds. The third-order valence-electron chi connectivity index (χ3n) is 2.37. The van der Waals surface area contributed by atoms with Crippen LogP contribution in [0.5, 0.6) is 0 Å². The van der Waals surface area contributed by atoms with Crippen molar-refractivity contribution in [2.45, 2.75) is 45.9 Å². The Hall–Kier alpha value is -1.55. The van der Waals surface area contributed by atoms with E-state index in [1.165, 1.54) is 0 Å². The molecular weight excluding hydrogens is 230 g/mol. The van der Waals surface area contributed by atoms with Gasteiger partial charge in [-0.05, 0) is 38.8 Å². The molecule has 0 aliphatic rings. The Labute approximate surface area is 108 Å². The summed E-state index contributed by atoms with van der Waals surface area (Å²) in [4.78, 5) is 11.6. The first-order valence-electron chi connectivity index (χ1n) is 6.01. The summed E-state index contributed by atoms with van der Waals surface area (Å²) in [7, 11) is 0. The zero-order valence-corrected chi connectivity index (χ0v) is 11.4. The molecule has 1 atom stereocenters. The zero-order chi connectivity index (χ0) is 13.8. The number of amides is 1. The van der Waals surface area contributed by atoms with Gasteiger partial charge in [0.05, 0.1) is 12.6 Å². The van der Waals surface area contributed by atoms with E-state index >= 15 is 0 Å². The Morgan fingerprint density at radius 2 is 2.11 bits per heavy atom. The van der Waals surface area contributed by atoms with Gasteiger partial charge in [-0.15, -0.1) is 0 Å². The summed E-state index contributed by atoms with van der Waals surface area (Å²) in [6.07, 6.45) is -0.440. The molecule has 0 aromatic heterocycles. The number of nitrogens with one attached hydrogen (secondary N) is 1. The molecule has 2 N–H and O–H groups in total. The highest BCUT2D eigenvalue weighted by atomic mass is 16.6. The average Bonchev–Trinajstić information content (AvgIpc) is 2.26. The van der Waals surface area contributed by atoms with Crippen LogP contribution < -0.4 is 5.32 Å². The minimum absolute atomic E-state index is 0.00695. The molecule has 0 aliphatic carbocycles. The summed E-state index contributed by atoms with van der Waals surface area (Å²) in [5.41, 5.74) is 1.26. The van der Waals surface area contributed by atoms with Gasteiger partial charge in [0, 0.05) is 0 Å². The molecule has 1 aromatic carbocycles. The Bertz CT molecular complexity index is 410. The number of aliphatic hydroxyl groups excluding tert-OH is 1. The molecule has 0 saturated carbocycles. The first kappa shape index (κ1) is 14.5. The molecule has 4 nitrogen and oxygen atoms in total. The van der Waals surface area contributed by atoms with Crippen molar-refractivity contribution in [3.8, 4) is 0 Å². The number of benzene rings is 1.